The minimum atomic E-state index is 0.0459. The van der Waals surface area contributed by atoms with E-state index in [2.05, 4.69) is 40.2 Å². The molecule has 0 aliphatic carbocycles. The fourth-order valence-corrected chi connectivity index (χ4v) is 2.44. The molecule has 2 aromatic rings. The normalized spacial score (nSPS) is 15.6. The second-order valence-corrected chi connectivity index (χ2v) is 4.77. The van der Waals surface area contributed by atoms with E-state index in [-0.39, 0.29) is 6.04 Å². The highest BCUT2D eigenvalue weighted by molar-refractivity contribution is 5.67. The van der Waals surface area contributed by atoms with Crippen molar-refractivity contribution in [3.63, 3.8) is 0 Å². The molecule has 0 radical (unpaired) electrons. The summed E-state index contributed by atoms with van der Waals surface area (Å²) >= 11 is 0. The summed E-state index contributed by atoms with van der Waals surface area (Å²) in [5.41, 5.74) is 9.72. The second kappa shape index (κ2) is 4.42. The van der Waals surface area contributed by atoms with Crippen molar-refractivity contribution in [3.05, 3.63) is 53.7 Å². The fourth-order valence-electron chi connectivity index (χ4n) is 2.44. The molecule has 0 saturated carbocycles. The largest absolute Gasteiger partial charge is 0.326 e. The van der Waals surface area contributed by atoms with Crippen molar-refractivity contribution in [1.29, 1.82) is 0 Å². The molecule has 1 aromatic carbocycles. The zero-order valence-electron chi connectivity index (χ0n) is 10.5. The van der Waals surface area contributed by atoms with E-state index < -0.39 is 0 Å². The quantitative estimate of drug-likeness (QED) is 0.876. The molecular formula is C15H17N3. The zero-order chi connectivity index (χ0) is 12.5. The van der Waals surface area contributed by atoms with Crippen LogP contribution in [0.5, 0.6) is 0 Å². The van der Waals surface area contributed by atoms with E-state index in [4.69, 9.17) is 5.73 Å². The van der Waals surface area contributed by atoms with Crippen LogP contribution in [0.1, 0.15) is 24.1 Å². The first-order chi connectivity index (χ1) is 8.75. The summed E-state index contributed by atoms with van der Waals surface area (Å²) in [6.45, 7) is 2.99. The Labute approximate surface area is 107 Å². The van der Waals surface area contributed by atoms with E-state index in [0.29, 0.717) is 0 Å². The molecule has 0 fully saturated rings. The first-order valence-electron chi connectivity index (χ1n) is 6.32. The van der Waals surface area contributed by atoms with Crippen molar-refractivity contribution in [2.45, 2.75) is 19.4 Å². The lowest BCUT2D eigenvalue weighted by Crippen LogP contribution is -2.15. The monoisotopic (exact) mass is 239 g/mol. The van der Waals surface area contributed by atoms with Crippen LogP contribution >= 0.6 is 0 Å². The number of hydrogen-bond donors (Lipinski definition) is 1. The van der Waals surface area contributed by atoms with Crippen LogP contribution in [0.4, 0.5) is 11.5 Å². The standard InChI is InChI=1S/C15H17N3/c1-11(16)13-6-8-17-15(10-13)18-9-7-12-4-2-3-5-14(12)18/h2-6,8,10-11H,7,9,16H2,1H3/t11-/m1/s1. The second-order valence-electron chi connectivity index (χ2n) is 4.77. The number of nitrogens with two attached hydrogens (primary N) is 1. The Morgan fingerprint density at radius 2 is 2.11 bits per heavy atom. The molecule has 0 saturated heterocycles. The van der Waals surface area contributed by atoms with E-state index >= 15 is 0 Å². The Balaban J connectivity index is 2.00. The van der Waals surface area contributed by atoms with Crippen LogP contribution in [0.15, 0.2) is 42.6 Å². The van der Waals surface area contributed by atoms with E-state index in [1.54, 1.807) is 0 Å². The van der Waals surface area contributed by atoms with Crippen molar-refractivity contribution < 1.29 is 0 Å². The lowest BCUT2D eigenvalue weighted by atomic mass is 10.1. The lowest BCUT2D eigenvalue weighted by Gasteiger charge is -2.19. The Morgan fingerprint density at radius 1 is 1.28 bits per heavy atom. The summed E-state index contributed by atoms with van der Waals surface area (Å²) in [6, 6.07) is 12.6. The van der Waals surface area contributed by atoms with E-state index in [9.17, 15) is 0 Å². The summed E-state index contributed by atoms with van der Waals surface area (Å²) in [4.78, 5) is 6.74. The Hall–Kier alpha value is -1.87. The summed E-state index contributed by atoms with van der Waals surface area (Å²) in [6.07, 6.45) is 2.93. The molecule has 1 atom stereocenters. The molecule has 3 nitrogen and oxygen atoms in total. The molecular weight excluding hydrogens is 222 g/mol. The van der Waals surface area contributed by atoms with Gasteiger partial charge >= 0.3 is 0 Å². The van der Waals surface area contributed by atoms with Gasteiger partial charge in [-0.05, 0) is 42.7 Å². The molecule has 0 spiro atoms. The molecule has 1 aromatic heterocycles. The zero-order valence-corrected chi connectivity index (χ0v) is 10.5. The first kappa shape index (κ1) is 11.2. The maximum atomic E-state index is 5.93. The van der Waals surface area contributed by atoms with Gasteiger partial charge in [-0.3, -0.25) is 0 Å². The van der Waals surface area contributed by atoms with Crippen LogP contribution in [0.25, 0.3) is 0 Å². The average molecular weight is 239 g/mol. The highest BCUT2D eigenvalue weighted by Crippen LogP contribution is 2.33. The van der Waals surface area contributed by atoms with E-state index in [1.165, 1.54) is 11.3 Å². The van der Waals surface area contributed by atoms with Crippen molar-refractivity contribution in [1.82, 2.24) is 4.98 Å². The summed E-state index contributed by atoms with van der Waals surface area (Å²) in [5.74, 6) is 0.995. The third-order valence-corrected chi connectivity index (χ3v) is 3.46. The molecule has 3 rings (SSSR count). The van der Waals surface area contributed by atoms with Gasteiger partial charge in [0, 0.05) is 24.5 Å². The van der Waals surface area contributed by atoms with Crippen LogP contribution < -0.4 is 10.6 Å². The lowest BCUT2D eigenvalue weighted by molar-refractivity contribution is 0.813. The molecule has 0 bridgehead atoms. The van der Waals surface area contributed by atoms with Gasteiger partial charge in [-0.1, -0.05) is 18.2 Å². The average Bonchev–Trinajstić information content (AvgIpc) is 2.82. The number of hydrogen-bond acceptors (Lipinski definition) is 3. The third-order valence-electron chi connectivity index (χ3n) is 3.46. The van der Waals surface area contributed by atoms with E-state index in [0.717, 1.165) is 24.3 Å². The van der Waals surface area contributed by atoms with Gasteiger partial charge in [0.25, 0.3) is 0 Å². The molecule has 0 unspecified atom stereocenters. The van der Waals surface area contributed by atoms with Gasteiger partial charge in [0.2, 0.25) is 0 Å². The maximum Gasteiger partial charge on any atom is 0.133 e. The van der Waals surface area contributed by atoms with Crippen molar-refractivity contribution in [3.8, 4) is 0 Å². The summed E-state index contributed by atoms with van der Waals surface area (Å²) < 4.78 is 0. The van der Waals surface area contributed by atoms with Gasteiger partial charge < -0.3 is 10.6 Å². The fraction of sp³-hybridized carbons (Fsp3) is 0.267. The Kier molecular flexibility index (Phi) is 2.76. The first-order valence-corrected chi connectivity index (χ1v) is 6.32. The predicted octanol–water partition coefficient (Wildman–Crippen LogP) is 2.80. The number of nitrogens with zero attached hydrogens (tertiary/aromatic N) is 2. The molecule has 1 aliphatic rings. The highest BCUT2D eigenvalue weighted by atomic mass is 15.2. The summed E-state index contributed by atoms with van der Waals surface area (Å²) in [7, 11) is 0. The molecule has 92 valence electrons. The SMILES string of the molecule is C[C@@H](N)c1ccnc(N2CCc3ccccc32)c1. The van der Waals surface area contributed by atoms with Gasteiger partial charge in [-0.2, -0.15) is 0 Å². The maximum absolute atomic E-state index is 5.93. The number of fused-ring (bicyclic) bond motifs is 1. The Morgan fingerprint density at radius 3 is 2.94 bits per heavy atom. The molecule has 0 amide bonds. The smallest absolute Gasteiger partial charge is 0.133 e. The molecule has 1 aliphatic heterocycles. The van der Waals surface area contributed by atoms with Crippen LogP contribution in [0.3, 0.4) is 0 Å². The summed E-state index contributed by atoms with van der Waals surface area (Å²) in [5, 5.41) is 0. The number of rotatable bonds is 2. The molecule has 2 N–H and O–H groups in total. The third kappa shape index (κ3) is 1.87. The topological polar surface area (TPSA) is 42.1 Å². The van der Waals surface area contributed by atoms with Crippen molar-refractivity contribution >= 4 is 11.5 Å². The molecule has 2 heterocycles. The van der Waals surface area contributed by atoms with Gasteiger partial charge in [-0.15, -0.1) is 0 Å². The van der Waals surface area contributed by atoms with Gasteiger partial charge in [0.15, 0.2) is 0 Å². The van der Waals surface area contributed by atoms with Crippen molar-refractivity contribution in [2.75, 3.05) is 11.4 Å². The molecule has 3 heteroatoms. The van der Waals surface area contributed by atoms with E-state index in [1.807, 2.05) is 19.2 Å². The van der Waals surface area contributed by atoms with Gasteiger partial charge in [-0.25, -0.2) is 4.98 Å². The Bertz CT molecular complexity index is 563. The number of pyridine rings is 1. The van der Waals surface area contributed by atoms with Crippen LogP contribution in [-0.4, -0.2) is 11.5 Å². The van der Waals surface area contributed by atoms with Gasteiger partial charge in [0.1, 0.15) is 5.82 Å². The van der Waals surface area contributed by atoms with Crippen LogP contribution in [0.2, 0.25) is 0 Å². The number of benzene rings is 1. The number of anilines is 2. The molecule has 18 heavy (non-hydrogen) atoms. The van der Waals surface area contributed by atoms with Crippen LogP contribution in [0, 0.1) is 0 Å². The van der Waals surface area contributed by atoms with Gasteiger partial charge in [0.05, 0.1) is 0 Å². The minimum absolute atomic E-state index is 0.0459. The number of para-hydroxylation sites is 1. The highest BCUT2D eigenvalue weighted by Gasteiger charge is 2.20. The van der Waals surface area contributed by atoms with Crippen molar-refractivity contribution in [2.24, 2.45) is 5.73 Å². The number of aromatic nitrogens is 1. The van der Waals surface area contributed by atoms with Crippen LogP contribution in [-0.2, 0) is 6.42 Å². The predicted molar refractivity (Wildman–Crippen MR) is 74.0 cm³/mol. The minimum Gasteiger partial charge on any atom is -0.326 e.